The highest BCUT2D eigenvalue weighted by Gasteiger charge is 2.18. The van der Waals surface area contributed by atoms with Crippen LogP contribution in [0, 0.1) is 18.3 Å². The van der Waals surface area contributed by atoms with Crippen LogP contribution in [-0.4, -0.2) is 9.38 Å². The number of fused-ring (bicyclic) bond motifs is 3. The number of aromatic nitrogens is 2. The summed E-state index contributed by atoms with van der Waals surface area (Å²) in [5.41, 5.74) is 5.26. The van der Waals surface area contributed by atoms with Gasteiger partial charge in [0, 0.05) is 10.3 Å². The maximum absolute atomic E-state index is 9.60. The number of nitrogens with zero attached hydrogens (tertiary/aromatic N) is 3. The largest absolute Gasteiger partial charge is 0.286 e. The molecule has 0 aliphatic rings. The Labute approximate surface area is 161 Å². The Bertz CT molecular complexity index is 1170. The van der Waals surface area contributed by atoms with Crippen LogP contribution in [0.3, 0.4) is 0 Å². The summed E-state index contributed by atoms with van der Waals surface area (Å²) in [6, 6.07) is 20.3. The number of aryl methyl sites for hydroxylation is 1. The number of para-hydroxylation sites is 2. The number of nitriles is 1. The first-order valence-electron chi connectivity index (χ1n) is 8.32. The number of benzene rings is 2. The number of hydrogen-bond donors (Lipinski definition) is 0. The van der Waals surface area contributed by atoms with Gasteiger partial charge in [-0.15, -0.1) is 0 Å². The van der Waals surface area contributed by atoms with Gasteiger partial charge in [-0.2, -0.15) is 5.26 Å². The summed E-state index contributed by atoms with van der Waals surface area (Å²) >= 11 is 8.10. The topological polar surface area (TPSA) is 41.1 Å². The minimum atomic E-state index is 0.167. The number of rotatable bonds is 3. The van der Waals surface area contributed by atoms with Crippen molar-refractivity contribution < 1.29 is 0 Å². The van der Waals surface area contributed by atoms with Gasteiger partial charge in [0.25, 0.3) is 0 Å². The molecular weight excluding hydrogens is 362 g/mol. The van der Waals surface area contributed by atoms with E-state index in [9.17, 15) is 5.26 Å². The van der Waals surface area contributed by atoms with Crippen molar-refractivity contribution in [2.75, 3.05) is 0 Å². The standard InChI is InChI=1S/C21H16ClN3S/c1-13-11-20(26-14(2)15-7-3-4-8-17(15)22)25-19-10-6-5-9-18(19)24-21(25)16(13)12-23/h3-11,14H,1-2H3/t14-/m1/s1. The molecule has 1 atom stereocenters. The third-order valence-electron chi connectivity index (χ3n) is 4.49. The molecule has 0 radical (unpaired) electrons. The molecule has 0 bridgehead atoms. The lowest BCUT2D eigenvalue weighted by Gasteiger charge is -2.16. The van der Waals surface area contributed by atoms with Crippen LogP contribution in [0.5, 0.6) is 0 Å². The van der Waals surface area contributed by atoms with Gasteiger partial charge in [0.05, 0.1) is 21.6 Å². The third kappa shape index (κ3) is 2.74. The fourth-order valence-corrected chi connectivity index (χ4v) is 4.78. The third-order valence-corrected chi connectivity index (χ3v) is 5.99. The fraction of sp³-hybridized carbons (Fsp3) is 0.143. The quantitative estimate of drug-likeness (QED) is 0.400. The Hall–Kier alpha value is -2.48. The molecule has 0 N–H and O–H groups in total. The number of hydrogen-bond acceptors (Lipinski definition) is 3. The molecular formula is C21H16ClN3S. The van der Waals surface area contributed by atoms with Crippen LogP contribution in [0.25, 0.3) is 16.7 Å². The first-order valence-corrected chi connectivity index (χ1v) is 9.58. The molecule has 26 heavy (non-hydrogen) atoms. The Morgan fingerprint density at radius 2 is 1.88 bits per heavy atom. The number of halogens is 1. The van der Waals surface area contributed by atoms with Gasteiger partial charge in [0.15, 0.2) is 5.65 Å². The predicted molar refractivity (Wildman–Crippen MR) is 108 cm³/mol. The highest BCUT2D eigenvalue weighted by Crippen LogP contribution is 2.39. The van der Waals surface area contributed by atoms with Crippen molar-refractivity contribution >= 4 is 40.0 Å². The molecule has 0 aliphatic heterocycles. The summed E-state index contributed by atoms with van der Waals surface area (Å²) in [7, 11) is 0. The van der Waals surface area contributed by atoms with E-state index in [0.29, 0.717) is 11.2 Å². The predicted octanol–water partition coefficient (Wildman–Crippen LogP) is 6.17. The van der Waals surface area contributed by atoms with Gasteiger partial charge in [0.2, 0.25) is 0 Å². The van der Waals surface area contributed by atoms with Crippen LogP contribution >= 0.6 is 23.4 Å². The van der Waals surface area contributed by atoms with Gasteiger partial charge in [-0.1, -0.05) is 53.7 Å². The maximum atomic E-state index is 9.60. The summed E-state index contributed by atoms with van der Waals surface area (Å²) in [6.07, 6.45) is 0. The zero-order valence-corrected chi connectivity index (χ0v) is 16.0. The van der Waals surface area contributed by atoms with Crippen molar-refractivity contribution in [3.05, 3.63) is 76.3 Å². The molecule has 0 saturated carbocycles. The average Bonchev–Trinajstić information content (AvgIpc) is 3.01. The molecule has 2 heterocycles. The second-order valence-corrected chi connectivity index (χ2v) is 7.96. The molecule has 2 aromatic heterocycles. The molecule has 0 spiro atoms. The van der Waals surface area contributed by atoms with Crippen LogP contribution < -0.4 is 0 Å². The Morgan fingerprint density at radius 3 is 2.65 bits per heavy atom. The fourth-order valence-electron chi connectivity index (χ4n) is 3.19. The highest BCUT2D eigenvalue weighted by molar-refractivity contribution is 7.99. The van der Waals surface area contributed by atoms with E-state index < -0.39 is 0 Å². The second-order valence-electron chi connectivity index (χ2n) is 6.19. The lowest BCUT2D eigenvalue weighted by Crippen LogP contribution is -1.99. The molecule has 4 aromatic rings. The van der Waals surface area contributed by atoms with Gasteiger partial charge in [-0.25, -0.2) is 4.98 Å². The van der Waals surface area contributed by atoms with Gasteiger partial charge in [-0.05, 0) is 49.2 Å². The van der Waals surface area contributed by atoms with Crippen molar-refractivity contribution in [1.29, 1.82) is 5.26 Å². The van der Waals surface area contributed by atoms with Crippen molar-refractivity contribution in [2.24, 2.45) is 0 Å². The Kier molecular flexibility index (Phi) is 4.36. The highest BCUT2D eigenvalue weighted by atomic mass is 35.5. The lowest BCUT2D eigenvalue weighted by molar-refractivity contribution is 1.01. The lowest BCUT2D eigenvalue weighted by atomic mass is 10.2. The van der Waals surface area contributed by atoms with Gasteiger partial charge in [0.1, 0.15) is 6.07 Å². The van der Waals surface area contributed by atoms with Crippen LogP contribution in [0.15, 0.2) is 59.6 Å². The average molecular weight is 378 g/mol. The Balaban J connectivity index is 1.93. The molecule has 0 saturated heterocycles. The molecule has 0 amide bonds. The zero-order chi connectivity index (χ0) is 18.3. The molecule has 0 fully saturated rings. The molecule has 128 valence electrons. The van der Waals surface area contributed by atoms with E-state index in [2.05, 4.69) is 29.5 Å². The van der Waals surface area contributed by atoms with Crippen LogP contribution in [0.2, 0.25) is 5.02 Å². The zero-order valence-electron chi connectivity index (χ0n) is 14.4. The number of pyridine rings is 1. The molecule has 2 aromatic carbocycles. The maximum Gasteiger partial charge on any atom is 0.157 e. The van der Waals surface area contributed by atoms with E-state index in [-0.39, 0.29) is 5.25 Å². The number of imidazole rings is 1. The van der Waals surface area contributed by atoms with Crippen LogP contribution in [0.4, 0.5) is 0 Å². The van der Waals surface area contributed by atoms with Gasteiger partial charge in [-0.3, -0.25) is 4.40 Å². The monoisotopic (exact) mass is 377 g/mol. The van der Waals surface area contributed by atoms with Crippen LogP contribution in [-0.2, 0) is 0 Å². The molecule has 4 rings (SSSR count). The van der Waals surface area contributed by atoms with E-state index >= 15 is 0 Å². The van der Waals surface area contributed by atoms with Crippen molar-refractivity contribution in [1.82, 2.24) is 9.38 Å². The van der Waals surface area contributed by atoms with E-state index in [1.807, 2.05) is 49.4 Å². The molecule has 3 nitrogen and oxygen atoms in total. The SMILES string of the molecule is Cc1cc(S[C@H](C)c2ccccc2Cl)n2c(nc3ccccc32)c1C#N. The van der Waals surface area contributed by atoms with E-state index in [1.165, 1.54) is 0 Å². The van der Waals surface area contributed by atoms with Crippen molar-refractivity contribution in [2.45, 2.75) is 24.1 Å². The van der Waals surface area contributed by atoms with E-state index in [1.54, 1.807) is 11.8 Å². The van der Waals surface area contributed by atoms with Gasteiger partial charge < -0.3 is 0 Å². The minimum absolute atomic E-state index is 0.167. The smallest absolute Gasteiger partial charge is 0.157 e. The molecule has 0 aliphatic carbocycles. The Morgan fingerprint density at radius 1 is 1.15 bits per heavy atom. The first kappa shape index (κ1) is 17.0. The van der Waals surface area contributed by atoms with Crippen molar-refractivity contribution in [3.8, 4) is 6.07 Å². The summed E-state index contributed by atoms with van der Waals surface area (Å²) < 4.78 is 2.08. The summed E-state index contributed by atoms with van der Waals surface area (Å²) in [4.78, 5) is 4.71. The van der Waals surface area contributed by atoms with E-state index in [0.717, 1.165) is 32.2 Å². The van der Waals surface area contributed by atoms with Crippen molar-refractivity contribution in [3.63, 3.8) is 0 Å². The first-order chi connectivity index (χ1) is 12.6. The van der Waals surface area contributed by atoms with E-state index in [4.69, 9.17) is 16.6 Å². The van der Waals surface area contributed by atoms with Crippen LogP contribution in [0.1, 0.15) is 28.9 Å². The minimum Gasteiger partial charge on any atom is -0.286 e. The summed E-state index contributed by atoms with van der Waals surface area (Å²) in [6.45, 7) is 4.10. The normalized spacial score (nSPS) is 12.4. The number of thioether (sulfide) groups is 1. The summed E-state index contributed by atoms with van der Waals surface area (Å²) in [5, 5.41) is 11.6. The summed E-state index contributed by atoms with van der Waals surface area (Å²) in [5.74, 6) is 0. The molecule has 5 heteroatoms. The second kappa shape index (κ2) is 6.68. The molecule has 0 unspecified atom stereocenters. The van der Waals surface area contributed by atoms with Gasteiger partial charge >= 0.3 is 0 Å².